The molecule has 0 atom stereocenters. The Morgan fingerprint density at radius 1 is 1.29 bits per heavy atom. The van der Waals surface area contributed by atoms with Gasteiger partial charge in [0.1, 0.15) is 0 Å². The van der Waals surface area contributed by atoms with Crippen molar-refractivity contribution in [2.75, 3.05) is 0 Å². The molecule has 0 bridgehead atoms. The number of H-pyrrole nitrogens is 1. The topological polar surface area (TPSA) is 54.9 Å². The van der Waals surface area contributed by atoms with Crippen molar-refractivity contribution in [3.05, 3.63) is 44.6 Å². The molecule has 4 heteroatoms. The SMILES string of the molecule is Cc1ccc2[nH]c(=O)n(C)c(=O)c2c1. The molecule has 2 aromatic rings. The van der Waals surface area contributed by atoms with Gasteiger partial charge in [0, 0.05) is 7.05 Å². The quantitative estimate of drug-likeness (QED) is 0.659. The van der Waals surface area contributed by atoms with E-state index >= 15 is 0 Å². The molecular weight excluding hydrogens is 180 g/mol. The van der Waals surface area contributed by atoms with Gasteiger partial charge < -0.3 is 4.98 Å². The molecule has 1 heterocycles. The Morgan fingerprint density at radius 3 is 2.71 bits per heavy atom. The van der Waals surface area contributed by atoms with E-state index in [1.807, 2.05) is 13.0 Å². The molecule has 14 heavy (non-hydrogen) atoms. The average molecular weight is 190 g/mol. The highest BCUT2D eigenvalue weighted by Gasteiger charge is 2.03. The van der Waals surface area contributed by atoms with E-state index in [0.29, 0.717) is 10.9 Å². The molecule has 2 rings (SSSR count). The van der Waals surface area contributed by atoms with E-state index in [2.05, 4.69) is 4.98 Å². The van der Waals surface area contributed by atoms with Crippen molar-refractivity contribution < 1.29 is 0 Å². The standard InChI is InChI=1S/C10H10N2O2/c1-6-3-4-8-7(5-6)9(13)12(2)10(14)11-8/h3-5H,1-2H3,(H,11,14). The molecule has 0 aliphatic rings. The number of aryl methyl sites for hydroxylation is 1. The molecule has 1 aromatic heterocycles. The van der Waals surface area contributed by atoms with Crippen LogP contribution in [0.1, 0.15) is 5.56 Å². The second-order valence-electron chi connectivity index (χ2n) is 3.34. The summed E-state index contributed by atoms with van der Waals surface area (Å²) < 4.78 is 1.07. The van der Waals surface area contributed by atoms with Gasteiger partial charge in [0.2, 0.25) is 0 Å². The lowest BCUT2D eigenvalue weighted by molar-refractivity contribution is 0.794. The maximum absolute atomic E-state index is 11.6. The second-order valence-corrected chi connectivity index (χ2v) is 3.34. The number of hydrogen-bond acceptors (Lipinski definition) is 2. The van der Waals surface area contributed by atoms with Crippen molar-refractivity contribution in [3.8, 4) is 0 Å². The summed E-state index contributed by atoms with van der Waals surface area (Å²) in [7, 11) is 1.46. The average Bonchev–Trinajstić information content (AvgIpc) is 2.16. The molecular formula is C10H10N2O2. The van der Waals surface area contributed by atoms with E-state index in [9.17, 15) is 9.59 Å². The fourth-order valence-electron chi connectivity index (χ4n) is 1.42. The number of fused-ring (bicyclic) bond motifs is 1. The number of aromatic nitrogens is 2. The van der Waals surface area contributed by atoms with E-state index in [4.69, 9.17) is 0 Å². The first-order valence-electron chi connectivity index (χ1n) is 4.29. The van der Waals surface area contributed by atoms with Gasteiger partial charge in [-0.25, -0.2) is 4.79 Å². The maximum atomic E-state index is 11.6. The van der Waals surface area contributed by atoms with Gasteiger partial charge >= 0.3 is 5.69 Å². The molecule has 0 spiro atoms. The normalized spacial score (nSPS) is 10.7. The van der Waals surface area contributed by atoms with Crippen molar-refractivity contribution >= 4 is 10.9 Å². The lowest BCUT2D eigenvalue weighted by Gasteiger charge is -2.00. The van der Waals surface area contributed by atoms with Crippen LogP contribution < -0.4 is 11.2 Å². The number of aromatic amines is 1. The van der Waals surface area contributed by atoms with Gasteiger partial charge in [0.15, 0.2) is 0 Å². The molecule has 0 fully saturated rings. The monoisotopic (exact) mass is 190 g/mol. The van der Waals surface area contributed by atoms with Crippen LogP contribution in [0.25, 0.3) is 10.9 Å². The second kappa shape index (κ2) is 2.83. The highest BCUT2D eigenvalue weighted by molar-refractivity contribution is 5.77. The molecule has 1 aromatic carbocycles. The minimum absolute atomic E-state index is 0.257. The molecule has 0 unspecified atom stereocenters. The van der Waals surface area contributed by atoms with Crippen molar-refractivity contribution in [2.24, 2.45) is 7.05 Å². The fraction of sp³-hybridized carbons (Fsp3) is 0.200. The van der Waals surface area contributed by atoms with Crippen molar-refractivity contribution in [3.63, 3.8) is 0 Å². The molecule has 0 amide bonds. The zero-order chi connectivity index (χ0) is 10.3. The zero-order valence-corrected chi connectivity index (χ0v) is 8.00. The summed E-state index contributed by atoms with van der Waals surface area (Å²) in [5.74, 6) is 0. The van der Waals surface area contributed by atoms with Crippen molar-refractivity contribution in [2.45, 2.75) is 6.92 Å². The van der Waals surface area contributed by atoms with Crippen LogP contribution in [0, 0.1) is 6.92 Å². The van der Waals surface area contributed by atoms with Crippen molar-refractivity contribution in [1.29, 1.82) is 0 Å². The maximum Gasteiger partial charge on any atom is 0.328 e. The fourth-order valence-corrected chi connectivity index (χ4v) is 1.42. The van der Waals surface area contributed by atoms with Gasteiger partial charge in [0.05, 0.1) is 10.9 Å². The van der Waals surface area contributed by atoms with Crippen LogP contribution in [0.5, 0.6) is 0 Å². The van der Waals surface area contributed by atoms with E-state index < -0.39 is 0 Å². The molecule has 1 N–H and O–H groups in total. The molecule has 4 nitrogen and oxygen atoms in total. The van der Waals surface area contributed by atoms with E-state index in [0.717, 1.165) is 10.1 Å². The van der Waals surface area contributed by atoms with Gasteiger partial charge in [-0.1, -0.05) is 11.6 Å². The first-order valence-corrected chi connectivity index (χ1v) is 4.29. The van der Waals surface area contributed by atoms with Crippen molar-refractivity contribution in [1.82, 2.24) is 9.55 Å². The van der Waals surface area contributed by atoms with Gasteiger partial charge in [-0.3, -0.25) is 9.36 Å². The summed E-state index contributed by atoms with van der Waals surface area (Å²) in [5.41, 5.74) is 0.948. The molecule has 0 radical (unpaired) electrons. The van der Waals surface area contributed by atoms with Crippen LogP contribution in [-0.2, 0) is 7.05 Å². The highest BCUT2D eigenvalue weighted by atomic mass is 16.2. The Balaban J connectivity index is 3.07. The molecule has 0 saturated carbocycles. The van der Waals surface area contributed by atoms with Crippen LogP contribution in [0.15, 0.2) is 27.8 Å². The zero-order valence-electron chi connectivity index (χ0n) is 8.00. The Labute approximate surface area is 79.8 Å². The number of nitrogens with one attached hydrogen (secondary N) is 1. The van der Waals surface area contributed by atoms with Crippen LogP contribution in [0.4, 0.5) is 0 Å². The van der Waals surface area contributed by atoms with Crippen LogP contribution in [-0.4, -0.2) is 9.55 Å². The molecule has 0 aliphatic heterocycles. The summed E-state index contributed by atoms with van der Waals surface area (Å²) >= 11 is 0. The Bertz CT molecular complexity index is 608. The van der Waals surface area contributed by atoms with Crippen LogP contribution in [0.3, 0.4) is 0 Å². The summed E-state index contributed by atoms with van der Waals surface area (Å²) in [4.78, 5) is 25.5. The summed E-state index contributed by atoms with van der Waals surface area (Å²) in [6, 6.07) is 5.37. The van der Waals surface area contributed by atoms with Gasteiger partial charge in [0.25, 0.3) is 5.56 Å². The highest BCUT2D eigenvalue weighted by Crippen LogP contribution is 2.07. The van der Waals surface area contributed by atoms with Crippen LogP contribution >= 0.6 is 0 Å². The van der Waals surface area contributed by atoms with Gasteiger partial charge in [-0.2, -0.15) is 0 Å². The van der Waals surface area contributed by atoms with E-state index in [1.54, 1.807) is 12.1 Å². The predicted octanol–water partition coefficient (Wildman–Crippen LogP) is 0.535. The number of rotatable bonds is 0. The Kier molecular flexibility index (Phi) is 1.77. The predicted molar refractivity (Wildman–Crippen MR) is 54.5 cm³/mol. The first kappa shape index (κ1) is 8.74. The van der Waals surface area contributed by atoms with E-state index in [1.165, 1.54) is 7.05 Å². The molecule has 72 valence electrons. The summed E-state index contributed by atoms with van der Waals surface area (Å²) in [6.07, 6.45) is 0. The smallest absolute Gasteiger partial charge is 0.307 e. The summed E-state index contributed by atoms with van der Waals surface area (Å²) in [6.45, 7) is 1.91. The van der Waals surface area contributed by atoms with Gasteiger partial charge in [-0.15, -0.1) is 0 Å². The third-order valence-corrected chi connectivity index (χ3v) is 2.26. The Morgan fingerprint density at radius 2 is 2.00 bits per heavy atom. The number of benzene rings is 1. The lowest BCUT2D eigenvalue weighted by atomic mass is 10.2. The number of hydrogen-bond donors (Lipinski definition) is 1. The number of nitrogens with zero attached hydrogens (tertiary/aromatic N) is 1. The third kappa shape index (κ3) is 1.16. The Hall–Kier alpha value is -1.84. The lowest BCUT2D eigenvalue weighted by Crippen LogP contribution is -2.32. The summed E-state index contributed by atoms with van der Waals surface area (Å²) in [5, 5.41) is 0.548. The van der Waals surface area contributed by atoms with Gasteiger partial charge in [-0.05, 0) is 19.1 Å². The minimum Gasteiger partial charge on any atom is -0.307 e. The minimum atomic E-state index is -0.383. The molecule has 0 aliphatic carbocycles. The third-order valence-electron chi connectivity index (χ3n) is 2.26. The van der Waals surface area contributed by atoms with E-state index in [-0.39, 0.29) is 11.2 Å². The largest absolute Gasteiger partial charge is 0.328 e. The molecule has 0 saturated heterocycles. The first-order chi connectivity index (χ1) is 6.59. The van der Waals surface area contributed by atoms with Crippen LogP contribution in [0.2, 0.25) is 0 Å².